The molecule has 0 unspecified atom stereocenters. The highest BCUT2D eigenvalue weighted by molar-refractivity contribution is 9.10. The molecule has 1 aromatic carbocycles. The third kappa shape index (κ3) is 3.23. The Morgan fingerprint density at radius 1 is 1.12 bits per heavy atom. The van der Waals surface area contributed by atoms with Gasteiger partial charge in [0.1, 0.15) is 22.4 Å². The number of aliphatic hydroxyl groups excluding tert-OH is 1. The average molecular weight is 443 g/mol. The molecular weight excluding hydrogens is 428 g/mol. The van der Waals surface area contributed by atoms with Crippen LogP contribution in [0.4, 0.5) is 0 Å². The number of halogens is 1. The van der Waals surface area contributed by atoms with E-state index in [9.17, 15) is 10.4 Å². The van der Waals surface area contributed by atoms with Crippen LogP contribution in [0.2, 0.25) is 0 Å². The topological polar surface area (TPSA) is 56.9 Å². The summed E-state index contributed by atoms with van der Waals surface area (Å²) < 4.78 is 1.01. The van der Waals surface area contributed by atoms with E-state index in [1.54, 1.807) is 11.3 Å². The number of allylic oxidation sites excluding steroid dienone is 1. The van der Waals surface area contributed by atoms with Gasteiger partial charge in [0.15, 0.2) is 0 Å². The van der Waals surface area contributed by atoms with Gasteiger partial charge >= 0.3 is 0 Å². The van der Waals surface area contributed by atoms with Crippen molar-refractivity contribution in [3.05, 3.63) is 60.5 Å². The van der Waals surface area contributed by atoms with Gasteiger partial charge in [-0.05, 0) is 43.4 Å². The first-order valence-electron chi connectivity index (χ1n) is 8.32. The molecule has 2 heterocycles. The van der Waals surface area contributed by atoms with E-state index < -0.39 is 0 Å². The van der Waals surface area contributed by atoms with Crippen LogP contribution in [0.25, 0.3) is 22.6 Å². The molecule has 0 bridgehead atoms. The van der Waals surface area contributed by atoms with Gasteiger partial charge < -0.3 is 5.11 Å². The largest absolute Gasteiger partial charge is 0.506 e. The van der Waals surface area contributed by atoms with Crippen LogP contribution in [-0.4, -0.2) is 10.1 Å². The van der Waals surface area contributed by atoms with E-state index in [2.05, 4.69) is 27.0 Å². The smallest absolute Gasteiger partial charge is 0.144 e. The Labute approximate surface area is 168 Å². The molecule has 0 fully saturated rings. The number of fused-ring (bicyclic) bond motifs is 1. The number of benzene rings is 1. The number of rotatable bonds is 3. The van der Waals surface area contributed by atoms with E-state index in [4.69, 9.17) is 0 Å². The number of aliphatic hydroxyl groups is 1. The molecule has 0 spiro atoms. The lowest BCUT2D eigenvalue weighted by Crippen LogP contribution is -2.01. The van der Waals surface area contributed by atoms with Gasteiger partial charge in [-0.25, -0.2) is 4.98 Å². The molecule has 0 atom stereocenters. The van der Waals surface area contributed by atoms with Crippen molar-refractivity contribution in [2.24, 2.45) is 0 Å². The Hall–Kier alpha value is -1.94. The lowest BCUT2D eigenvalue weighted by Gasteiger charge is -2.12. The number of thiazole rings is 1. The Bertz CT molecular complexity index is 1030. The zero-order chi connectivity index (χ0) is 18.1. The van der Waals surface area contributed by atoms with E-state index in [1.807, 2.05) is 35.0 Å². The van der Waals surface area contributed by atoms with Crippen LogP contribution < -0.4 is 0 Å². The highest BCUT2D eigenvalue weighted by Crippen LogP contribution is 2.37. The monoisotopic (exact) mass is 442 g/mol. The van der Waals surface area contributed by atoms with Gasteiger partial charge in [-0.1, -0.05) is 28.1 Å². The summed E-state index contributed by atoms with van der Waals surface area (Å²) >= 11 is 6.49. The summed E-state index contributed by atoms with van der Waals surface area (Å²) in [5.41, 5.74) is 4.06. The minimum Gasteiger partial charge on any atom is -0.506 e. The molecule has 3 nitrogen and oxygen atoms in total. The Morgan fingerprint density at radius 2 is 1.88 bits per heavy atom. The zero-order valence-corrected chi connectivity index (χ0v) is 17.0. The van der Waals surface area contributed by atoms with E-state index in [0.717, 1.165) is 40.6 Å². The zero-order valence-electron chi connectivity index (χ0n) is 13.8. The summed E-state index contributed by atoms with van der Waals surface area (Å²) in [5.74, 6) is 0.0589. The SMILES string of the molecule is N#C/C(=C(/O)c1csc2c1CCCC2)c1nc(-c2ccc(Br)cc2)cs1. The minimum absolute atomic E-state index is 0.0589. The van der Waals surface area contributed by atoms with Crippen LogP contribution in [0, 0.1) is 11.3 Å². The van der Waals surface area contributed by atoms with Gasteiger partial charge in [0, 0.05) is 31.2 Å². The lowest BCUT2D eigenvalue weighted by molar-refractivity contribution is 0.512. The predicted octanol–water partition coefficient (Wildman–Crippen LogP) is 6.46. The highest BCUT2D eigenvalue weighted by atomic mass is 79.9. The first-order valence-corrected chi connectivity index (χ1v) is 10.9. The molecule has 1 N–H and O–H groups in total. The first kappa shape index (κ1) is 17.5. The van der Waals surface area contributed by atoms with Crippen molar-refractivity contribution in [2.75, 3.05) is 0 Å². The van der Waals surface area contributed by atoms with Crippen LogP contribution >= 0.6 is 38.6 Å². The summed E-state index contributed by atoms with van der Waals surface area (Å²) in [5, 5.41) is 24.9. The first-order chi connectivity index (χ1) is 12.7. The quantitative estimate of drug-likeness (QED) is 0.373. The van der Waals surface area contributed by atoms with Crippen LogP contribution in [0.1, 0.15) is 33.9 Å². The second-order valence-electron chi connectivity index (χ2n) is 6.14. The van der Waals surface area contributed by atoms with Crippen LogP contribution in [0.15, 0.2) is 39.5 Å². The summed E-state index contributed by atoms with van der Waals surface area (Å²) in [7, 11) is 0. The van der Waals surface area contributed by atoms with Gasteiger partial charge in [-0.2, -0.15) is 5.26 Å². The molecule has 1 aliphatic carbocycles. The van der Waals surface area contributed by atoms with Crippen molar-refractivity contribution in [3.8, 4) is 17.3 Å². The van der Waals surface area contributed by atoms with Gasteiger partial charge in [0.05, 0.1) is 5.69 Å². The molecule has 4 rings (SSSR count). The third-order valence-electron chi connectivity index (χ3n) is 4.52. The number of nitrogens with zero attached hydrogens (tertiary/aromatic N) is 2. The van der Waals surface area contributed by atoms with Gasteiger partial charge in [0.25, 0.3) is 0 Å². The number of hydrogen-bond donors (Lipinski definition) is 1. The summed E-state index contributed by atoms with van der Waals surface area (Å²) in [4.78, 5) is 5.93. The van der Waals surface area contributed by atoms with Gasteiger partial charge in [-0.3, -0.25) is 0 Å². The number of aryl methyl sites for hydroxylation is 1. The second-order valence-corrected chi connectivity index (χ2v) is 8.88. The normalized spacial score (nSPS) is 14.5. The summed E-state index contributed by atoms with van der Waals surface area (Å²) in [6.45, 7) is 0. The van der Waals surface area contributed by atoms with E-state index in [-0.39, 0.29) is 11.3 Å². The van der Waals surface area contributed by atoms with Crippen molar-refractivity contribution in [1.82, 2.24) is 4.98 Å². The minimum atomic E-state index is 0.0589. The molecule has 0 amide bonds. The molecule has 0 saturated carbocycles. The summed E-state index contributed by atoms with van der Waals surface area (Å²) in [6.07, 6.45) is 4.38. The van der Waals surface area contributed by atoms with Crippen LogP contribution in [0.3, 0.4) is 0 Å². The molecule has 1 aliphatic rings. The van der Waals surface area contributed by atoms with E-state index in [0.29, 0.717) is 5.01 Å². The second kappa shape index (κ2) is 7.36. The molecule has 0 aliphatic heterocycles. The van der Waals surface area contributed by atoms with Gasteiger partial charge in [0.2, 0.25) is 0 Å². The number of aromatic nitrogens is 1. The maximum absolute atomic E-state index is 10.8. The van der Waals surface area contributed by atoms with Crippen molar-refractivity contribution in [3.63, 3.8) is 0 Å². The van der Waals surface area contributed by atoms with Crippen molar-refractivity contribution < 1.29 is 5.11 Å². The van der Waals surface area contributed by atoms with Crippen molar-refractivity contribution in [1.29, 1.82) is 5.26 Å². The Morgan fingerprint density at radius 3 is 2.65 bits per heavy atom. The molecule has 2 aromatic heterocycles. The van der Waals surface area contributed by atoms with Crippen molar-refractivity contribution >= 4 is 49.9 Å². The fraction of sp³-hybridized carbons (Fsp3) is 0.200. The number of nitriles is 1. The molecule has 0 saturated heterocycles. The molecule has 0 radical (unpaired) electrons. The van der Waals surface area contributed by atoms with E-state index >= 15 is 0 Å². The molecular formula is C20H15BrN2OS2. The predicted molar refractivity (Wildman–Crippen MR) is 111 cm³/mol. The van der Waals surface area contributed by atoms with E-state index in [1.165, 1.54) is 28.2 Å². The number of thiophene rings is 1. The molecule has 26 heavy (non-hydrogen) atoms. The molecule has 130 valence electrons. The maximum Gasteiger partial charge on any atom is 0.144 e. The lowest BCUT2D eigenvalue weighted by atomic mass is 9.94. The highest BCUT2D eigenvalue weighted by Gasteiger charge is 2.22. The Balaban J connectivity index is 1.73. The van der Waals surface area contributed by atoms with Crippen LogP contribution in [-0.2, 0) is 12.8 Å². The third-order valence-corrected chi connectivity index (χ3v) is 7.00. The molecule has 6 heteroatoms. The standard InChI is InChI=1S/C20H15BrN2OS2/c21-13-7-5-12(6-8-13)17-11-26-20(23-17)15(9-22)19(24)16-10-25-18-4-2-1-3-14(16)18/h5-8,10-11,24H,1-4H2/b19-15-. The van der Waals surface area contributed by atoms with Crippen molar-refractivity contribution in [2.45, 2.75) is 25.7 Å². The van der Waals surface area contributed by atoms with Gasteiger partial charge in [-0.15, -0.1) is 22.7 Å². The maximum atomic E-state index is 10.8. The fourth-order valence-corrected chi connectivity index (χ4v) is 5.39. The van der Waals surface area contributed by atoms with Crippen LogP contribution in [0.5, 0.6) is 0 Å². The number of hydrogen-bond acceptors (Lipinski definition) is 5. The fourth-order valence-electron chi connectivity index (χ4n) is 3.17. The Kier molecular flexibility index (Phi) is 4.94. The molecule has 3 aromatic rings. The average Bonchev–Trinajstić information content (AvgIpc) is 3.30. The summed E-state index contributed by atoms with van der Waals surface area (Å²) in [6, 6.07) is 10.0.